The molecule has 8 nitrogen and oxygen atoms in total. The second-order valence-corrected chi connectivity index (χ2v) is 6.42. The van der Waals surface area contributed by atoms with Crippen LogP contribution in [-0.2, 0) is 19.6 Å². The summed E-state index contributed by atoms with van der Waals surface area (Å²) in [6, 6.07) is 1.87. The molecule has 4 heterocycles. The minimum atomic E-state index is -0.0174. The maximum absolute atomic E-state index is 13.0. The third kappa shape index (κ3) is 3.28. The van der Waals surface area contributed by atoms with Gasteiger partial charge in [-0.05, 0) is 18.6 Å². The Balaban J connectivity index is 1.61. The lowest BCUT2D eigenvalue weighted by molar-refractivity contribution is 0.0712. The summed E-state index contributed by atoms with van der Waals surface area (Å²) in [5.74, 6) is 1.10. The Morgan fingerprint density at radius 2 is 2.20 bits per heavy atom. The maximum atomic E-state index is 13.0. The highest BCUT2D eigenvalue weighted by Gasteiger charge is 2.27. The fourth-order valence-electron chi connectivity index (χ4n) is 3.26. The average molecular weight is 337 g/mol. The zero-order valence-electron chi connectivity index (χ0n) is 14.0. The van der Waals surface area contributed by atoms with Gasteiger partial charge in [-0.2, -0.15) is 5.10 Å². The van der Waals surface area contributed by atoms with Crippen molar-refractivity contribution >= 4 is 5.91 Å². The Labute approximate surface area is 145 Å². The Morgan fingerprint density at radius 3 is 3.00 bits per heavy atom. The molecule has 25 heavy (non-hydrogen) atoms. The summed E-state index contributed by atoms with van der Waals surface area (Å²) >= 11 is 0. The van der Waals surface area contributed by atoms with Gasteiger partial charge in [-0.25, -0.2) is 9.97 Å². The van der Waals surface area contributed by atoms with Crippen molar-refractivity contribution in [2.75, 3.05) is 6.54 Å². The number of aromatic nitrogens is 6. The highest BCUT2D eigenvalue weighted by atomic mass is 16.2. The summed E-state index contributed by atoms with van der Waals surface area (Å²) in [6.45, 7) is 4.56. The first-order valence-corrected chi connectivity index (χ1v) is 8.22. The van der Waals surface area contributed by atoms with Crippen LogP contribution in [0.4, 0.5) is 0 Å². The molecule has 1 unspecified atom stereocenters. The van der Waals surface area contributed by atoms with Crippen LogP contribution in [0.1, 0.15) is 21.7 Å². The molecule has 0 spiro atoms. The van der Waals surface area contributed by atoms with Gasteiger partial charge in [-0.15, -0.1) is 0 Å². The zero-order valence-corrected chi connectivity index (χ0v) is 14.0. The SMILES string of the molecule is Cc1cncc(C(=O)N2Cc3nccn3CC(Cn3cncn3)C2)c1. The lowest BCUT2D eigenvalue weighted by atomic mass is 10.1. The van der Waals surface area contributed by atoms with E-state index < -0.39 is 0 Å². The fourth-order valence-corrected chi connectivity index (χ4v) is 3.26. The van der Waals surface area contributed by atoms with E-state index in [2.05, 4.69) is 24.6 Å². The molecule has 128 valence electrons. The van der Waals surface area contributed by atoms with Crippen LogP contribution in [0.25, 0.3) is 0 Å². The van der Waals surface area contributed by atoms with Gasteiger partial charge in [0.1, 0.15) is 18.5 Å². The average Bonchev–Trinajstić information content (AvgIpc) is 3.23. The first-order chi connectivity index (χ1) is 12.2. The Kier molecular flexibility index (Phi) is 4.01. The van der Waals surface area contributed by atoms with Gasteiger partial charge in [0.2, 0.25) is 0 Å². The standard InChI is InChI=1S/C17H19N7O/c1-13-4-15(6-18-5-13)17(25)23-8-14(9-24-12-19-11-21-24)7-22-3-2-20-16(22)10-23/h2-6,11-12,14H,7-10H2,1H3. The first kappa shape index (κ1) is 15.5. The topological polar surface area (TPSA) is 81.7 Å². The summed E-state index contributed by atoms with van der Waals surface area (Å²) < 4.78 is 3.92. The number of hydrogen-bond acceptors (Lipinski definition) is 5. The molecule has 0 aromatic carbocycles. The van der Waals surface area contributed by atoms with E-state index in [1.165, 1.54) is 6.33 Å². The number of hydrogen-bond donors (Lipinski definition) is 0. The summed E-state index contributed by atoms with van der Waals surface area (Å²) in [7, 11) is 0. The van der Waals surface area contributed by atoms with Crippen LogP contribution in [-0.4, -0.2) is 46.7 Å². The van der Waals surface area contributed by atoms with Gasteiger partial charge in [0, 0.05) is 50.3 Å². The molecular formula is C17H19N7O. The van der Waals surface area contributed by atoms with Gasteiger partial charge in [-0.3, -0.25) is 14.5 Å². The molecule has 1 aliphatic rings. The summed E-state index contributed by atoms with van der Waals surface area (Å²) in [4.78, 5) is 27.4. The number of aryl methyl sites for hydroxylation is 1. The van der Waals surface area contributed by atoms with Crippen LogP contribution in [0.3, 0.4) is 0 Å². The van der Waals surface area contributed by atoms with Crippen molar-refractivity contribution in [1.82, 2.24) is 34.2 Å². The molecule has 1 aliphatic heterocycles. The van der Waals surface area contributed by atoms with Crippen LogP contribution in [0, 0.1) is 12.8 Å². The Bertz CT molecular complexity index is 871. The van der Waals surface area contributed by atoms with E-state index in [1.807, 2.05) is 28.8 Å². The number of nitrogens with zero attached hydrogens (tertiary/aromatic N) is 7. The maximum Gasteiger partial charge on any atom is 0.255 e. The predicted octanol–water partition coefficient (Wildman–Crippen LogP) is 1.15. The summed E-state index contributed by atoms with van der Waals surface area (Å²) in [5.41, 5.74) is 1.58. The molecule has 0 N–H and O–H groups in total. The van der Waals surface area contributed by atoms with Crippen LogP contribution >= 0.6 is 0 Å². The van der Waals surface area contributed by atoms with E-state index in [-0.39, 0.29) is 11.8 Å². The number of amides is 1. The van der Waals surface area contributed by atoms with Crippen molar-refractivity contribution in [2.45, 2.75) is 26.6 Å². The van der Waals surface area contributed by atoms with Gasteiger partial charge in [0.25, 0.3) is 5.91 Å². The quantitative estimate of drug-likeness (QED) is 0.716. The normalized spacial score (nSPS) is 17.2. The van der Waals surface area contributed by atoms with Gasteiger partial charge in [0.05, 0.1) is 12.1 Å². The summed E-state index contributed by atoms with van der Waals surface area (Å²) in [5, 5.41) is 4.19. The first-order valence-electron chi connectivity index (χ1n) is 8.22. The third-order valence-electron chi connectivity index (χ3n) is 4.39. The molecule has 0 bridgehead atoms. The Morgan fingerprint density at radius 1 is 1.28 bits per heavy atom. The molecule has 0 fully saturated rings. The van der Waals surface area contributed by atoms with Crippen LogP contribution in [0.2, 0.25) is 0 Å². The second-order valence-electron chi connectivity index (χ2n) is 6.42. The van der Waals surface area contributed by atoms with Gasteiger partial charge < -0.3 is 9.47 Å². The molecule has 8 heteroatoms. The van der Waals surface area contributed by atoms with Gasteiger partial charge in [-0.1, -0.05) is 0 Å². The second kappa shape index (κ2) is 6.46. The highest BCUT2D eigenvalue weighted by Crippen LogP contribution is 2.19. The monoisotopic (exact) mass is 337 g/mol. The van der Waals surface area contributed by atoms with Crippen LogP contribution < -0.4 is 0 Å². The fraction of sp³-hybridized carbons (Fsp3) is 0.353. The number of rotatable bonds is 3. The molecule has 0 saturated heterocycles. The van der Waals surface area contributed by atoms with Crippen molar-refractivity contribution in [3.63, 3.8) is 0 Å². The van der Waals surface area contributed by atoms with E-state index in [9.17, 15) is 4.79 Å². The smallest absolute Gasteiger partial charge is 0.255 e. The van der Waals surface area contributed by atoms with Gasteiger partial charge >= 0.3 is 0 Å². The highest BCUT2D eigenvalue weighted by molar-refractivity contribution is 5.94. The number of carbonyl (C=O) groups is 1. The van der Waals surface area contributed by atoms with E-state index >= 15 is 0 Å². The van der Waals surface area contributed by atoms with E-state index in [0.717, 1.165) is 17.9 Å². The molecule has 0 saturated carbocycles. The summed E-state index contributed by atoms with van der Waals surface area (Å²) in [6.07, 6.45) is 10.4. The van der Waals surface area contributed by atoms with Crippen molar-refractivity contribution in [1.29, 1.82) is 0 Å². The van der Waals surface area contributed by atoms with Crippen LogP contribution in [0.5, 0.6) is 0 Å². The van der Waals surface area contributed by atoms with Crippen LogP contribution in [0.15, 0.2) is 43.5 Å². The van der Waals surface area contributed by atoms with Crippen molar-refractivity contribution in [2.24, 2.45) is 5.92 Å². The molecule has 1 amide bonds. The Hall–Kier alpha value is -3.03. The molecule has 3 aromatic heterocycles. The lowest BCUT2D eigenvalue weighted by Crippen LogP contribution is -2.35. The largest absolute Gasteiger partial charge is 0.333 e. The van der Waals surface area contributed by atoms with Crippen molar-refractivity contribution < 1.29 is 4.79 Å². The minimum absolute atomic E-state index is 0.0174. The number of imidazole rings is 1. The van der Waals surface area contributed by atoms with E-state index in [1.54, 1.807) is 24.9 Å². The molecule has 3 aromatic rings. The molecule has 0 aliphatic carbocycles. The number of pyridine rings is 1. The zero-order chi connectivity index (χ0) is 17.2. The molecule has 1 atom stereocenters. The van der Waals surface area contributed by atoms with Crippen molar-refractivity contribution in [3.8, 4) is 0 Å². The number of carbonyl (C=O) groups excluding carboxylic acids is 1. The predicted molar refractivity (Wildman–Crippen MR) is 89.5 cm³/mol. The van der Waals surface area contributed by atoms with Crippen molar-refractivity contribution in [3.05, 3.63) is 60.5 Å². The number of fused-ring (bicyclic) bond motifs is 1. The van der Waals surface area contributed by atoms with E-state index in [4.69, 9.17) is 0 Å². The van der Waals surface area contributed by atoms with E-state index in [0.29, 0.717) is 25.2 Å². The molecule has 0 radical (unpaired) electrons. The minimum Gasteiger partial charge on any atom is -0.333 e. The third-order valence-corrected chi connectivity index (χ3v) is 4.39. The molecular weight excluding hydrogens is 318 g/mol. The van der Waals surface area contributed by atoms with Gasteiger partial charge in [0.15, 0.2) is 0 Å². The lowest BCUT2D eigenvalue weighted by Gasteiger charge is -2.24. The molecule has 4 rings (SSSR count).